The first-order valence-corrected chi connectivity index (χ1v) is 12.1. The van der Waals surface area contributed by atoms with Crippen molar-refractivity contribution >= 4 is 14.8 Å². The summed E-state index contributed by atoms with van der Waals surface area (Å²) in [6.45, 7) is 4.66. The normalized spacial score (nSPS) is 12.0. The molecule has 0 heterocycles. The molecule has 0 spiro atoms. The minimum absolute atomic E-state index is 0.193. The van der Waals surface area contributed by atoms with Crippen LogP contribution < -0.4 is 0 Å². The summed E-state index contributed by atoms with van der Waals surface area (Å²) < 4.78 is 16.4. The Labute approximate surface area is 161 Å². The summed E-state index contributed by atoms with van der Waals surface area (Å²) in [6.07, 6.45) is 11.4. The van der Waals surface area contributed by atoms with Crippen LogP contribution in [0.2, 0.25) is 6.04 Å². The first kappa shape index (κ1) is 25.5. The van der Waals surface area contributed by atoms with Crippen LogP contribution in [0.25, 0.3) is 0 Å². The predicted molar refractivity (Wildman–Crippen MR) is 108 cm³/mol. The highest BCUT2D eigenvalue weighted by Gasteiger charge is 2.37. The zero-order valence-electron chi connectivity index (χ0n) is 17.4. The van der Waals surface area contributed by atoms with Gasteiger partial charge in [-0.25, -0.2) is 0 Å². The molecule has 0 bridgehead atoms. The van der Waals surface area contributed by atoms with E-state index in [0.29, 0.717) is 6.54 Å². The van der Waals surface area contributed by atoms with Gasteiger partial charge < -0.3 is 23.3 Å². The standard InChI is InChI=1S/C19H41NO5Si/c1-5-6-7-8-9-10-11-12-15-20(17-14-19(21)22)16-13-18-26(23-2,24-3)25-4/h5-18H2,1-4H3,(H,21,22). The molecule has 0 radical (unpaired) electrons. The second-order valence-electron chi connectivity index (χ2n) is 6.86. The van der Waals surface area contributed by atoms with E-state index >= 15 is 0 Å². The fourth-order valence-electron chi connectivity index (χ4n) is 3.13. The summed E-state index contributed by atoms with van der Waals surface area (Å²) >= 11 is 0. The summed E-state index contributed by atoms with van der Waals surface area (Å²) in [7, 11) is 2.35. The van der Waals surface area contributed by atoms with Crippen molar-refractivity contribution in [3.05, 3.63) is 0 Å². The fourth-order valence-corrected chi connectivity index (χ4v) is 4.84. The number of hydrogen-bond acceptors (Lipinski definition) is 5. The van der Waals surface area contributed by atoms with Gasteiger partial charge in [-0.15, -0.1) is 0 Å². The first-order chi connectivity index (χ1) is 12.5. The number of carboxylic acids is 1. The van der Waals surface area contributed by atoms with E-state index in [0.717, 1.165) is 32.0 Å². The molecule has 0 fully saturated rings. The van der Waals surface area contributed by atoms with E-state index in [1.807, 2.05) is 0 Å². The monoisotopic (exact) mass is 391 g/mol. The Bertz CT molecular complexity index is 332. The third kappa shape index (κ3) is 12.8. The number of nitrogens with zero attached hydrogens (tertiary/aromatic N) is 1. The lowest BCUT2D eigenvalue weighted by molar-refractivity contribution is -0.137. The van der Waals surface area contributed by atoms with Gasteiger partial charge in [0.2, 0.25) is 0 Å². The SMILES string of the molecule is CCCCCCCCCCN(CCC[Si](OC)(OC)OC)CCC(=O)O. The maximum Gasteiger partial charge on any atom is 0.500 e. The summed E-state index contributed by atoms with van der Waals surface area (Å²) in [5.74, 6) is -0.736. The number of rotatable bonds is 19. The van der Waals surface area contributed by atoms with Crippen molar-refractivity contribution in [1.82, 2.24) is 4.90 Å². The largest absolute Gasteiger partial charge is 0.500 e. The molecular weight excluding hydrogens is 350 g/mol. The van der Waals surface area contributed by atoms with E-state index in [9.17, 15) is 4.79 Å². The van der Waals surface area contributed by atoms with Crippen LogP contribution >= 0.6 is 0 Å². The van der Waals surface area contributed by atoms with Crippen LogP contribution in [-0.4, -0.2) is 65.7 Å². The second kappa shape index (κ2) is 16.7. The van der Waals surface area contributed by atoms with E-state index < -0.39 is 14.8 Å². The van der Waals surface area contributed by atoms with Crippen LogP contribution in [-0.2, 0) is 18.1 Å². The summed E-state index contributed by atoms with van der Waals surface area (Å²) in [4.78, 5) is 13.2. The maximum absolute atomic E-state index is 10.9. The topological polar surface area (TPSA) is 68.2 Å². The van der Waals surface area contributed by atoms with Crippen molar-refractivity contribution in [2.45, 2.75) is 77.2 Å². The molecule has 0 amide bonds. The smallest absolute Gasteiger partial charge is 0.481 e. The summed E-state index contributed by atoms with van der Waals surface area (Å²) in [5, 5.41) is 8.96. The van der Waals surface area contributed by atoms with Crippen LogP contribution in [0.4, 0.5) is 0 Å². The zero-order valence-corrected chi connectivity index (χ0v) is 18.4. The van der Waals surface area contributed by atoms with Crippen LogP contribution in [0.3, 0.4) is 0 Å². The molecule has 0 aromatic rings. The molecule has 156 valence electrons. The Balaban J connectivity index is 4.09. The van der Waals surface area contributed by atoms with Gasteiger partial charge in [0.25, 0.3) is 0 Å². The van der Waals surface area contributed by atoms with Gasteiger partial charge in [-0.2, -0.15) is 0 Å². The molecule has 6 nitrogen and oxygen atoms in total. The number of unbranched alkanes of at least 4 members (excludes halogenated alkanes) is 7. The molecule has 0 aliphatic heterocycles. The minimum atomic E-state index is -2.53. The van der Waals surface area contributed by atoms with Gasteiger partial charge in [-0.05, 0) is 25.9 Å². The van der Waals surface area contributed by atoms with E-state index in [2.05, 4.69) is 11.8 Å². The molecule has 0 aliphatic rings. The van der Waals surface area contributed by atoms with E-state index in [1.165, 1.54) is 44.9 Å². The highest BCUT2D eigenvalue weighted by molar-refractivity contribution is 6.60. The number of carboxylic acid groups (broad SMARTS) is 1. The van der Waals surface area contributed by atoms with Crippen molar-refractivity contribution in [1.29, 1.82) is 0 Å². The van der Waals surface area contributed by atoms with Crippen molar-refractivity contribution < 1.29 is 23.2 Å². The quantitative estimate of drug-likeness (QED) is 0.263. The van der Waals surface area contributed by atoms with Gasteiger partial charge in [0.05, 0.1) is 6.42 Å². The van der Waals surface area contributed by atoms with Gasteiger partial charge in [-0.3, -0.25) is 4.79 Å². The van der Waals surface area contributed by atoms with Crippen LogP contribution in [0.1, 0.15) is 71.1 Å². The molecule has 0 saturated carbocycles. The first-order valence-electron chi connectivity index (χ1n) is 10.1. The second-order valence-corrected chi connectivity index (χ2v) is 9.95. The number of carbonyl (C=O) groups is 1. The average Bonchev–Trinajstić information content (AvgIpc) is 2.65. The van der Waals surface area contributed by atoms with Crippen molar-refractivity contribution in [3.63, 3.8) is 0 Å². The van der Waals surface area contributed by atoms with Crippen LogP contribution in [0.5, 0.6) is 0 Å². The van der Waals surface area contributed by atoms with Crippen molar-refractivity contribution in [3.8, 4) is 0 Å². The van der Waals surface area contributed by atoms with Crippen molar-refractivity contribution in [2.75, 3.05) is 41.0 Å². The number of aliphatic carboxylic acids is 1. The molecule has 0 atom stereocenters. The summed E-state index contributed by atoms with van der Waals surface area (Å²) in [6, 6.07) is 0.748. The highest BCUT2D eigenvalue weighted by Crippen LogP contribution is 2.16. The predicted octanol–water partition coefficient (Wildman–Crippen LogP) is 4.17. The molecule has 0 aliphatic carbocycles. The molecule has 7 heteroatoms. The average molecular weight is 392 g/mol. The lowest BCUT2D eigenvalue weighted by Gasteiger charge is -2.26. The van der Waals surface area contributed by atoms with Gasteiger partial charge >= 0.3 is 14.8 Å². The van der Waals surface area contributed by atoms with E-state index in [-0.39, 0.29) is 6.42 Å². The molecule has 26 heavy (non-hydrogen) atoms. The lowest BCUT2D eigenvalue weighted by Crippen LogP contribution is -2.43. The molecule has 0 saturated heterocycles. The Kier molecular flexibility index (Phi) is 16.4. The Morgan fingerprint density at radius 2 is 1.31 bits per heavy atom. The molecule has 0 aromatic carbocycles. The molecule has 1 N–H and O–H groups in total. The van der Waals surface area contributed by atoms with Gasteiger partial charge in [0, 0.05) is 33.9 Å². The fraction of sp³-hybridized carbons (Fsp3) is 0.947. The Morgan fingerprint density at radius 1 is 0.808 bits per heavy atom. The Hall–Kier alpha value is -0.473. The highest BCUT2D eigenvalue weighted by atomic mass is 28.4. The zero-order chi connectivity index (χ0) is 19.7. The molecule has 0 unspecified atom stereocenters. The van der Waals surface area contributed by atoms with Gasteiger partial charge in [0.15, 0.2) is 0 Å². The third-order valence-electron chi connectivity index (χ3n) is 4.86. The maximum atomic E-state index is 10.9. The Morgan fingerprint density at radius 3 is 1.81 bits per heavy atom. The van der Waals surface area contributed by atoms with Gasteiger partial charge in [0.1, 0.15) is 0 Å². The van der Waals surface area contributed by atoms with E-state index in [1.54, 1.807) is 21.3 Å². The molecule has 0 rings (SSSR count). The summed E-state index contributed by atoms with van der Waals surface area (Å²) in [5.41, 5.74) is 0. The van der Waals surface area contributed by atoms with Crippen LogP contribution in [0.15, 0.2) is 0 Å². The van der Waals surface area contributed by atoms with Crippen molar-refractivity contribution in [2.24, 2.45) is 0 Å². The number of hydrogen-bond donors (Lipinski definition) is 1. The van der Waals surface area contributed by atoms with Gasteiger partial charge in [-0.1, -0.05) is 51.9 Å². The molecule has 0 aromatic heterocycles. The third-order valence-corrected chi connectivity index (χ3v) is 7.69. The molecular formula is C19H41NO5Si. The lowest BCUT2D eigenvalue weighted by atomic mass is 10.1. The minimum Gasteiger partial charge on any atom is -0.481 e. The van der Waals surface area contributed by atoms with E-state index in [4.69, 9.17) is 18.4 Å². The van der Waals surface area contributed by atoms with Crippen LogP contribution in [0, 0.1) is 0 Å².